The van der Waals surface area contributed by atoms with Crippen LogP contribution in [0.5, 0.6) is 0 Å². The molecule has 0 amide bonds. The number of aryl methyl sites for hydroxylation is 2. The van der Waals surface area contributed by atoms with Crippen LogP contribution in [0.4, 0.5) is 0 Å². The number of rotatable bonds is 4. The first-order chi connectivity index (χ1) is 15.0. The summed E-state index contributed by atoms with van der Waals surface area (Å²) in [4.78, 5) is 25.8. The molecule has 152 valence electrons. The minimum Gasteiger partial charge on any atom is -0.287 e. The highest BCUT2D eigenvalue weighted by molar-refractivity contribution is 6.11. The van der Waals surface area contributed by atoms with Gasteiger partial charge in [-0.05, 0) is 46.5 Å². The van der Waals surface area contributed by atoms with Gasteiger partial charge in [0.15, 0.2) is 0 Å². The number of hydrogen-bond acceptors (Lipinski definition) is 5. The van der Waals surface area contributed by atoms with Gasteiger partial charge < -0.3 is 0 Å². The SMILES string of the molecule is Cc1cccc(-n2nnn(C)c2=O)c1C(=O)c1ccn(-c2cccc3ccccc23)n1. The Morgan fingerprint density at radius 3 is 2.42 bits per heavy atom. The second kappa shape index (κ2) is 7.17. The topological polar surface area (TPSA) is 87.6 Å². The summed E-state index contributed by atoms with van der Waals surface area (Å²) in [6.45, 7) is 1.82. The van der Waals surface area contributed by atoms with Crippen LogP contribution in [-0.2, 0) is 7.05 Å². The number of aromatic nitrogens is 6. The number of fused-ring (bicyclic) bond motifs is 1. The molecule has 2 aromatic heterocycles. The largest absolute Gasteiger partial charge is 0.368 e. The summed E-state index contributed by atoms with van der Waals surface area (Å²) in [6.07, 6.45) is 1.77. The van der Waals surface area contributed by atoms with Gasteiger partial charge in [0.2, 0.25) is 5.78 Å². The molecule has 31 heavy (non-hydrogen) atoms. The fraction of sp³-hybridized carbons (Fsp3) is 0.0870. The Kier molecular flexibility index (Phi) is 4.32. The molecule has 5 aromatic rings. The van der Waals surface area contributed by atoms with Gasteiger partial charge in [0.1, 0.15) is 5.69 Å². The number of tetrazole rings is 1. The Labute approximate surface area is 177 Å². The van der Waals surface area contributed by atoms with Gasteiger partial charge in [-0.25, -0.2) is 9.48 Å². The van der Waals surface area contributed by atoms with Crippen LogP contribution in [0.15, 0.2) is 77.7 Å². The van der Waals surface area contributed by atoms with Crippen molar-refractivity contribution in [3.63, 3.8) is 0 Å². The van der Waals surface area contributed by atoms with Gasteiger partial charge in [0, 0.05) is 18.6 Å². The van der Waals surface area contributed by atoms with Crippen LogP contribution in [0.2, 0.25) is 0 Å². The van der Waals surface area contributed by atoms with Gasteiger partial charge in [-0.1, -0.05) is 48.5 Å². The predicted molar refractivity (Wildman–Crippen MR) is 116 cm³/mol. The second-order valence-corrected chi connectivity index (χ2v) is 7.24. The maximum absolute atomic E-state index is 13.4. The van der Waals surface area contributed by atoms with Crippen LogP contribution < -0.4 is 5.69 Å². The number of carbonyl (C=O) groups is 1. The van der Waals surface area contributed by atoms with Crippen LogP contribution in [0.1, 0.15) is 21.6 Å². The van der Waals surface area contributed by atoms with Crippen LogP contribution in [0.25, 0.3) is 22.1 Å². The highest BCUT2D eigenvalue weighted by Gasteiger charge is 2.22. The normalized spacial score (nSPS) is 11.2. The van der Waals surface area contributed by atoms with Crippen molar-refractivity contribution in [2.75, 3.05) is 0 Å². The molecule has 0 fully saturated rings. The van der Waals surface area contributed by atoms with E-state index in [1.165, 1.54) is 7.05 Å². The van der Waals surface area contributed by atoms with Crippen molar-refractivity contribution in [3.8, 4) is 11.4 Å². The molecule has 3 aromatic carbocycles. The Morgan fingerprint density at radius 2 is 1.61 bits per heavy atom. The Bertz CT molecular complexity index is 1500. The van der Waals surface area contributed by atoms with Gasteiger partial charge in [-0.2, -0.15) is 14.5 Å². The molecule has 5 rings (SSSR count). The fourth-order valence-corrected chi connectivity index (χ4v) is 3.70. The summed E-state index contributed by atoms with van der Waals surface area (Å²) in [5.41, 5.74) is 2.20. The van der Waals surface area contributed by atoms with Gasteiger partial charge >= 0.3 is 5.69 Å². The first-order valence-electron chi connectivity index (χ1n) is 9.72. The predicted octanol–water partition coefficient (Wildman–Crippen LogP) is 2.84. The maximum atomic E-state index is 13.4. The van der Waals surface area contributed by atoms with E-state index in [-0.39, 0.29) is 11.5 Å². The molecule has 0 unspecified atom stereocenters. The van der Waals surface area contributed by atoms with E-state index in [0.29, 0.717) is 11.3 Å². The van der Waals surface area contributed by atoms with Crippen LogP contribution >= 0.6 is 0 Å². The summed E-state index contributed by atoms with van der Waals surface area (Å²) in [7, 11) is 1.51. The molecular weight excluding hydrogens is 392 g/mol. The van der Waals surface area contributed by atoms with Gasteiger partial charge in [-0.15, -0.1) is 0 Å². The molecule has 0 atom stereocenters. The van der Waals surface area contributed by atoms with E-state index in [1.807, 2.05) is 55.5 Å². The van der Waals surface area contributed by atoms with Crippen LogP contribution in [0, 0.1) is 6.92 Å². The molecule has 8 nitrogen and oxygen atoms in total. The third-order valence-electron chi connectivity index (χ3n) is 5.26. The molecule has 0 bridgehead atoms. The number of nitrogens with zero attached hydrogens (tertiary/aromatic N) is 6. The zero-order chi connectivity index (χ0) is 21.5. The van der Waals surface area contributed by atoms with E-state index in [0.717, 1.165) is 31.4 Å². The zero-order valence-corrected chi connectivity index (χ0v) is 16.9. The molecule has 0 spiro atoms. The van der Waals surface area contributed by atoms with E-state index in [2.05, 4.69) is 15.5 Å². The van der Waals surface area contributed by atoms with Crippen LogP contribution in [-0.4, -0.2) is 35.4 Å². The lowest BCUT2D eigenvalue weighted by Gasteiger charge is -2.09. The van der Waals surface area contributed by atoms with Crippen molar-refractivity contribution in [2.24, 2.45) is 7.05 Å². The first kappa shape index (κ1) is 18.7. The molecule has 0 aliphatic heterocycles. The van der Waals surface area contributed by atoms with Crippen molar-refractivity contribution >= 4 is 16.6 Å². The Hall–Kier alpha value is -4.33. The standard InChI is InChI=1S/C23H18N6O2/c1-15-7-5-12-20(29-23(31)27(2)25-26-29)21(15)22(30)18-13-14-28(24-18)19-11-6-9-16-8-3-4-10-17(16)19/h3-14H,1-2H3. The number of carbonyl (C=O) groups excluding carboxylic acids is 1. The second-order valence-electron chi connectivity index (χ2n) is 7.24. The molecular formula is C23H18N6O2. The fourth-order valence-electron chi connectivity index (χ4n) is 3.70. The van der Waals surface area contributed by atoms with E-state index >= 15 is 0 Å². The molecule has 0 aliphatic rings. The van der Waals surface area contributed by atoms with E-state index < -0.39 is 5.69 Å². The summed E-state index contributed by atoms with van der Waals surface area (Å²) >= 11 is 0. The van der Waals surface area contributed by atoms with Crippen molar-refractivity contribution in [2.45, 2.75) is 6.92 Å². The lowest BCUT2D eigenvalue weighted by Crippen LogP contribution is -2.24. The number of hydrogen-bond donors (Lipinski definition) is 0. The lowest BCUT2D eigenvalue weighted by molar-refractivity contribution is 0.103. The minimum atomic E-state index is -0.430. The van der Waals surface area contributed by atoms with Crippen molar-refractivity contribution in [1.29, 1.82) is 0 Å². The lowest BCUT2D eigenvalue weighted by atomic mass is 10.0. The average Bonchev–Trinajstić information content (AvgIpc) is 3.40. The smallest absolute Gasteiger partial charge is 0.287 e. The maximum Gasteiger partial charge on any atom is 0.368 e. The highest BCUT2D eigenvalue weighted by atomic mass is 16.2. The quantitative estimate of drug-likeness (QED) is 0.425. The van der Waals surface area contributed by atoms with Gasteiger partial charge in [-0.3, -0.25) is 4.79 Å². The highest BCUT2D eigenvalue weighted by Crippen LogP contribution is 2.24. The molecule has 0 saturated carbocycles. The summed E-state index contributed by atoms with van der Waals surface area (Å²) in [6, 6.07) is 20.9. The molecule has 2 heterocycles. The Balaban J connectivity index is 1.61. The van der Waals surface area contributed by atoms with Crippen molar-refractivity contribution < 1.29 is 4.79 Å². The number of benzene rings is 3. The zero-order valence-electron chi connectivity index (χ0n) is 16.9. The third kappa shape index (κ3) is 3.05. The van der Waals surface area contributed by atoms with E-state index in [4.69, 9.17) is 0 Å². The molecule has 0 radical (unpaired) electrons. The van der Waals surface area contributed by atoms with Crippen molar-refractivity contribution in [3.05, 3.63) is 100 Å². The van der Waals surface area contributed by atoms with Crippen LogP contribution in [0.3, 0.4) is 0 Å². The molecule has 0 aliphatic carbocycles. The van der Waals surface area contributed by atoms with Gasteiger partial charge in [0.05, 0.1) is 16.9 Å². The minimum absolute atomic E-state index is 0.278. The summed E-state index contributed by atoms with van der Waals surface area (Å²) < 4.78 is 3.94. The average molecular weight is 410 g/mol. The molecule has 8 heteroatoms. The number of ketones is 1. The summed E-state index contributed by atoms with van der Waals surface area (Å²) in [5.74, 6) is -0.287. The monoisotopic (exact) mass is 410 g/mol. The molecule has 0 saturated heterocycles. The Morgan fingerprint density at radius 1 is 0.871 bits per heavy atom. The van der Waals surface area contributed by atoms with E-state index in [1.54, 1.807) is 29.1 Å². The first-order valence-corrected chi connectivity index (χ1v) is 9.72. The molecule has 0 N–H and O–H groups in total. The summed E-state index contributed by atoms with van der Waals surface area (Å²) in [5, 5.41) is 14.3. The third-order valence-corrected chi connectivity index (χ3v) is 5.26. The van der Waals surface area contributed by atoms with Crippen molar-refractivity contribution in [1.82, 2.24) is 29.6 Å². The van der Waals surface area contributed by atoms with E-state index in [9.17, 15) is 9.59 Å². The van der Waals surface area contributed by atoms with Gasteiger partial charge in [0.25, 0.3) is 0 Å².